The predicted octanol–water partition coefficient (Wildman–Crippen LogP) is 4.53. The topological polar surface area (TPSA) is 84.8 Å². The molecule has 0 amide bonds. The number of nitrogens with zero attached hydrogens (tertiary/aromatic N) is 1. The fraction of sp³-hybridized carbons (Fsp3) is 0. The van der Waals surface area contributed by atoms with Crippen molar-refractivity contribution in [2.75, 3.05) is 0 Å². The van der Waals surface area contributed by atoms with E-state index in [1.807, 2.05) is 0 Å². The molecule has 6 nitrogen and oxygen atoms in total. The van der Waals surface area contributed by atoms with Gasteiger partial charge in [-0.15, -0.1) is 0 Å². The molecule has 0 aliphatic rings. The molecule has 0 aliphatic carbocycles. The molecule has 3 aromatic carbocycles. The Hall–Kier alpha value is -2.87. The molecule has 0 unspecified atom stereocenters. The predicted molar refractivity (Wildman–Crippen MR) is 112 cm³/mol. The summed E-state index contributed by atoms with van der Waals surface area (Å²) in [6.45, 7) is 0. The molecule has 1 N–H and O–H groups in total. The average Bonchev–Trinajstić information content (AvgIpc) is 2.69. The van der Waals surface area contributed by atoms with E-state index in [-0.39, 0.29) is 21.2 Å². The summed E-state index contributed by atoms with van der Waals surface area (Å²) in [5, 5.41) is 4.33. The quantitative estimate of drug-likeness (QED) is 0.260. The molecular weight excluding hydrogens is 435 g/mol. The monoisotopic (exact) mass is 448 g/mol. The second-order valence-electron chi connectivity index (χ2n) is 5.75. The zero-order chi connectivity index (χ0) is 20.9. The molecule has 0 radical (unpaired) electrons. The van der Waals surface area contributed by atoms with Crippen LogP contribution in [0.4, 0.5) is 0 Å². The lowest BCUT2D eigenvalue weighted by molar-refractivity contribution is 0.0735. The van der Waals surface area contributed by atoms with Gasteiger partial charge in [0.05, 0.1) is 21.7 Å². The zero-order valence-corrected chi connectivity index (χ0v) is 17.1. The Kier molecular flexibility index (Phi) is 6.53. The number of esters is 1. The van der Waals surface area contributed by atoms with Gasteiger partial charge in [0, 0.05) is 5.02 Å². The Morgan fingerprint density at radius 1 is 0.966 bits per heavy atom. The smallest absolute Gasteiger partial charge is 0.345 e. The van der Waals surface area contributed by atoms with E-state index in [9.17, 15) is 13.2 Å². The summed E-state index contributed by atoms with van der Waals surface area (Å²) in [7, 11) is -3.76. The molecule has 0 aliphatic heterocycles. The van der Waals surface area contributed by atoms with Gasteiger partial charge in [0.15, 0.2) is 0 Å². The number of carbonyl (C=O) groups is 1. The first-order valence-corrected chi connectivity index (χ1v) is 10.5. The molecule has 9 heteroatoms. The maximum Gasteiger partial charge on any atom is 0.345 e. The second-order valence-corrected chi connectivity index (χ2v) is 8.26. The fourth-order valence-corrected chi connectivity index (χ4v) is 3.60. The Labute approximate surface area is 177 Å². The lowest BCUT2D eigenvalue weighted by atomic mass is 10.2. The summed E-state index contributed by atoms with van der Waals surface area (Å²) in [5.41, 5.74) is 0.694. The molecule has 0 atom stereocenters. The zero-order valence-electron chi connectivity index (χ0n) is 14.7. The largest absolute Gasteiger partial charge is 0.423 e. The van der Waals surface area contributed by atoms with Gasteiger partial charge in [0.1, 0.15) is 5.75 Å². The molecule has 0 aromatic heterocycles. The first-order valence-electron chi connectivity index (χ1n) is 8.22. The molecule has 0 heterocycles. The van der Waals surface area contributed by atoms with Crippen LogP contribution in [0.2, 0.25) is 10.0 Å². The minimum absolute atomic E-state index is 0.0969. The lowest BCUT2D eigenvalue weighted by Crippen LogP contribution is -2.18. The van der Waals surface area contributed by atoms with Crippen molar-refractivity contribution in [1.29, 1.82) is 0 Å². The number of hydrogen-bond donors (Lipinski definition) is 1. The summed E-state index contributed by atoms with van der Waals surface area (Å²) in [5.74, 6) is -0.401. The maximum atomic E-state index is 12.3. The van der Waals surface area contributed by atoms with E-state index in [1.54, 1.807) is 36.4 Å². The maximum absolute atomic E-state index is 12.3. The molecule has 0 saturated carbocycles. The van der Waals surface area contributed by atoms with Crippen LogP contribution in [0, 0.1) is 0 Å². The summed E-state index contributed by atoms with van der Waals surface area (Å²) < 4.78 is 29.6. The van der Waals surface area contributed by atoms with Crippen LogP contribution in [0.5, 0.6) is 5.75 Å². The number of benzene rings is 3. The number of rotatable bonds is 6. The third-order valence-corrected chi connectivity index (χ3v) is 5.45. The number of halogens is 2. The highest BCUT2D eigenvalue weighted by atomic mass is 35.5. The highest BCUT2D eigenvalue weighted by molar-refractivity contribution is 7.89. The van der Waals surface area contributed by atoms with Crippen LogP contribution >= 0.6 is 23.2 Å². The van der Waals surface area contributed by atoms with E-state index in [1.165, 1.54) is 42.6 Å². The van der Waals surface area contributed by atoms with E-state index in [4.69, 9.17) is 27.9 Å². The second kappa shape index (κ2) is 9.09. The van der Waals surface area contributed by atoms with Crippen molar-refractivity contribution >= 4 is 45.4 Å². The van der Waals surface area contributed by atoms with Crippen LogP contribution in [0.15, 0.2) is 82.8 Å². The Balaban J connectivity index is 1.69. The van der Waals surface area contributed by atoms with Gasteiger partial charge >= 0.3 is 5.97 Å². The van der Waals surface area contributed by atoms with E-state index < -0.39 is 16.0 Å². The Bertz CT molecular complexity index is 1170. The Morgan fingerprint density at radius 3 is 2.45 bits per heavy atom. The van der Waals surface area contributed by atoms with Gasteiger partial charge in [-0.25, -0.2) is 9.63 Å². The summed E-state index contributed by atoms with van der Waals surface area (Å²) in [6.07, 6.45) is 1.30. The summed E-state index contributed by atoms with van der Waals surface area (Å²) in [4.78, 5) is 14.5. The third-order valence-electron chi connectivity index (χ3n) is 3.66. The van der Waals surface area contributed by atoms with E-state index in [0.29, 0.717) is 10.6 Å². The first kappa shape index (κ1) is 20.9. The molecule has 0 bridgehead atoms. The van der Waals surface area contributed by atoms with Gasteiger partial charge in [0.2, 0.25) is 0 Å². The average molecular weight is 449 g/mol. The van der Waals surface area contributed by atoms with Crippen LogP contribution in [0.25, 0.3) is 0 Å². The standard InChI is InChI=1S/C20H14Cl2N2O4S/c21-15-9-10-18(19(22)12-15)20(25)28-16-6-4-5-14(11-16)13-23-24-29(26,27)17-7-2-1-3-8-17/h1-13,24H. The molecule has 0 saturated heterocycles. The van der Waals surface area contributed by atoms with Gasteiger partial charge in [0.25, 0.3) is 10.0 Å². The highest BCUT2D eigenvalue weighted by Gasteiger charge is 2.14. The normalized spacial score (nSPS) is 11.4. The fourth-order valence-electron chi connectivity index (χ4n) is 2.30. The minimum atomic E-state index is -3.76. The molecule has 3 rings (SSSR count). The van der Waals surface area contributed by atoms with Gasteiger partial charge in [-0.1, -0.05) is 53.5 Å². The van der Waals surface area contributed by atoms with Crippen LogP contribution in [-0.4, -0.2) is 20.6 Å². The van der Waals surface area contributed by atoms with Crippen molar-refractivity contribution in [2.45, 2.75) is 4.90 Å². The van der Waals surface area contributed by atoms with Gasteiger partial charge < -0.3 is 4.74 Å². The third kappa shape index (κ3) is 5.57. The van der Waals surface area contributed by atoms with Crippen molar-refractivity contribution in [3.05, 3.63) is 94.0 Å². The number of hydrazone groups is 1. The van der Waals surface area contributed by atoms with Crippen molar-refractivity contribution in [3.8, 4) is 5.75 Å². The van der Waals surface area contributed by atoms with Crippen molar-refractivity contribution < 1.29 is 17.9 Å². The summed E-state index contributed by atoms with van der Waals surface area (Å²) >= 11 is 11.8. The van der Waals surface area contributed by atoms with Crippen LogP contribution in [0.3, 0.4) is 0 Å². The number of ether oxygens (including phenoxy) is 1. The first-order chi connectivity index (χ1) is 13.8. The molecular formula is C20H14Cl2N2O4S. The van der Waals surface area contributed by atoms with Crippen molar-refractivity contribution in [2.24, 2.45) is 5.10 Å². The number of sulfonamides is 1. The van der Waals surface area contributed by atoms with E-state index in [2.05, 4.69) is 9.93 Å². The van der Waals surface area contributed by atoms with E-state index in [0.717, 1.165) is 0 Å². The Morgan fingerprint density at radius 2 is 1.72 bits per heavy atom. The highest BCUT2D eigenvalue weighted by Crippen LogP contribution is 2.23. The van der Waals surface area contributed by atoms with Crippen LogP contribution in [0.1, 0.15) is 15.9 Å². The number of carbonyl (C=O) groups excluding carboxylic acids is 1. The molecule has 29 heavy (non-hydrogen) atoms. The molecule has 3 aromatic rings. The van der Waals surface area contributed by atoms with Gasteiger partial charge in [-0.05, 0) is 48.0 Å². The SMILES string of the molecule is O=C(Oc1cccc(C=NNS(=O)(=O)c2ccccc2)c1)c1ccc(Cl)cc1Cl. The molecule has 148 valence electrons. The lowest BCUT2D eigenvalue weighted by Gasteiger charge is -2.07. The molecule has 0 fully saturated rings. The van der Waals surface area contributed by atoms with Crippen molar-refractivity contribution in [1.82, 2.24) is 4.83 Å². The van der Waals surface area contributed by atoms with E-state index >= 15 is 0 Å². The van der Waals surface area contributed by atoms with Gasteiger partial charge in [-0.3, -0.25) is 0 Å². The summed E-state index contributed by atoms with van der Waals surface area (Å²) in [6, 6.07) is 18.7. The van der Waals surface area contributed by atoms with Gasteiger partial charge in [-0.2, -0.15) is 13.5 Å². The van der Waals surface area contributed by atoms with Crippen molar-refractivity contribution in [3.63, 3.8) is 0 Å². The van der Waals surface area contributed by atoms with Crippen LogP contribution in [-0.2, 0) is 10.0 Å². The van der Waals surface area contributed by atoms with Crippen LogP contribution < -0.4 is 9.57 Å². The number of nitrogens with one attached hydrogen (secondary N) is 1. The minimum Gasteiger partial charge on any atom is -0.423 e. The number of hydrogen-bond acceptors (Lipinski definition) is 5. The molecule has 0 spiro atoms.